The summed E-state index contributed by atoms with van der Waals surface area (Å²) in [5, 5.41) is 0. The van der Waals surface area contributed by atoms with Crippen molar-refractivity contribution in [1.82, 2.24) is 4.57 Å². The topological polar surface area (TPSA) is 14.2 Å². The molecule has 2 rings (SSSR count). The molecule has 0 aliphatic carbocycles. The van der Waals surface area contributed by atoms with Crippen molar-refractivity contribution in [3.8, 4) is 11.4 Å². The molecule has 1 aromatic carbocycles. The summed E-state index contributed by atoms with van der Waals surface area (Å²) < 4.78 is 41.8. The van der Waals surface area contributed by atoms with Crippen molar-refractivity contribution in [2.45, 2.75) is 13.3 Å². The lowest BCUT2D eigenvalue weighted by Gasteiger charge is -2.11. The van der Waals surface area contributed by atoms with Crippen molar-refractivity contribution in [2.75, 3.05) is 0 Å². The van der Waals surface area contributed by atoms with Gasteiger partial charge in [-0.3, -0.25) is 0 Å². The molecule has 0 N–H and O–H groups in total. The van der Waals surface area contributed by atoms with Crippen LogP contribution in [0.4, 0.5) is 13.2 Å². The van der Waals surface area contributed by atoms with E-state index in [1.165, 1.54) is 18.2 Å². The Morgan fingerprint density at radius 3 is 2.47 bits per heavy atom. The molecule has 1 heterocycles. The van der Waals surface area contributed by atoms with Crippen LogP contribution >= 0.6 is 0 Å². The Hall–Kier alpha value is -1.91. The van der Waals surface area contributed by atoms with Gasteiger partial charge in [0.2, 0.25) is 0 Å². The van der Waals surface area contributed by atoms with Gasteiger partial charge >= 0.3 is 6.36 Å². The third kappa shape index (κ3) is 2.81. The second-order valence-corrected chi connectivity index (χ2v) is 3.56. The largest absolute Gasteiger partial charge is 0.573 e. The van der Waals surface area contributed by atoms with Gasteiger partial charge in [-0.2, -0.15) is 0 Å². The molecule has 0 saturated carbocycles. The summed E-state index contributed by atoms with van der Waals surface area (Å²) in [6.45, 7) is 1.87. The van der Waals surface area contributed by atoms with Crippen LogP contribution in [0.3, 0.4) is 0 Å². The second kappa shape index (κ2) is 4.16. The number of ether oxygens (including phenoxy) is 1. The molecule has 0 aliphatic heterocycles. The molecular formula is C12H10F3NO. The molecule has 0 radical (unpaired) electrons. The Morgan fingerprint density at radius 2 is 1.88 bits per heavy atom. The zero-order chi connectivity index (χ0) is 12.5. The molecule has 1 aromatic heterocycles. The minimum absolute atomic E-state index is 0.219. The summed E-state index contributed by atoms with van der Waals surface area (Å²) in [5.74, 6) is -0.219. The molecule has 2 aromatic rings. The third-order valence-corrected chi connectivity index (χ3v) is 2.28. The Balaban J connectivity index is 2.32. The van der Waals surface area contributed by atoms with Gasteiger partial charge in [-0.15, -0.1) is 13.2 Å². The first kappa shape index (κ1) is 11.6. The number of nitrogens with zero attached hydrogens (tertiary/aromatic N) is 1. The van der Waals surface area contributed by atoms with Crippen LogP contribution in [-0.4, -0.2) is 10.9 Å². The summed E-state index contributed by atoms with van der Waals surface area (Å²) >= 11 is 0. The van der Waals surface area contributed by atoms with Crippen molar-refractivity contribution in [1.29, 1.82) is 0 Å². The lowest BCUT2D eigenvalue weighted by atomic mass is 10.3. The number of aryl methyl sites for hydroxylation is 1. The van der Waals surface area contributed by atoms with Crippen molar-refractivity contribution in [3.63, 3.8) is 0 Å². The summed E-state index contributed by atoms with van der Waals surface area (Å²) in [4.78, 5) is 0. The molecule has 0 unspecified atom stereocenters. The van der Waals surface area contributed by atoms with E-state index in [0.29, 0.717) is 5.69 Å². The predicted octanol–water partition coefficient (Wildman–Crippen LogP) is 3.68. The van der Waals surface area contributed by atoms with Gasteiger partial charge in [-0.25, -0.2) is 0 Å². The fourth-order valence-corrected chi connectivity index (χ4v) is 1.59. The molecule has 0 atom stereocenters. The van der Waals surface area contributed by atoms with Crippen LogP contribution in [0.15, 0.2) is 42.6 Å². The van der Waals surface area contributed by atoms with E-state index >= 15 is 0 Å². The number of aromatic nitrogens is 1. The van der Waals surface area contributed by atoms with E-state index in [2.05, 4.69) is 4.74 Å². The predicted molar refractivity (Wildman–Crippen MR) is 57.2 cm³/mol. The highest BCUT2D eigenvalue weighted by atomic mass is 19.4. The van der Waals surface area contributed by atoms with Gasteiger partial charge in [-0.05, 0) is 31.2 Å². The number of hydrogen-bond donors (Lipinski definition) is 0. The van der Waals surface area contributed by atoms with E-state index < -0.39 is 6.36 Å². The van der Waals surface area contributed by atoms with Crippen LogP contribution in [0.25, 0.3) is 5.69 Å². The number of halogens is 3. The highest BCUT2D eigenvalue weighted by Gasteiger charge is 2.31. The molecule has 0 aliphatic rings. The lowest BCUT2D eigenvalue weighted by molar-refractivity contribution is -0.274. The normalized spacial score (nSPS) is 11.5. The van der Waals surface area contributed by atoms with Crippen LogP contribution in [-0.2, 0) is 0 Å². The van der Waals surface area contributed by atoms with E-state index in [1.54, 1.807) is 16.8 Å². The fraction of sp³-hybridized carbons (Fsp3) is 0.167. The molecule has 0 spiro atoms. The van der Waals surface area contributed by atoms with E-state index in [4.69, 9.17) is 0 Å². The van der Waals surface area contributed by atoms with Crippen LogP contribution in [0, 0.1) is 6.92 Å². The highest BCUT2D eigenvalue weighted by Crippen LogP contribution is 2.25. The first-order valence-corrected chi connectivity index (χ1v) is 4.96. The van der Waals surface area contributed by atoms with Crippen LogP contribution < -0.4 is 4.74 Å². The van der Waals surface area contributed by atoms with Gasteiger partial charge < -0.3 is 9.30 Å². The third-order valence-electron chi connectivity index (χ3n) is 2.28. The van der Waals surface area contributed by atoms with Crippen molar-refractivity contribution >= 4 is 0 Å². The van der Waals surface area contributed by atoms with E-state index in [-0.39, 0.29) is 5.75 Å². The smallest absolute Gasteiger partial charge is 0.406 e. The first-order chi connectivity index (χ1) is 7.96. The lowest BCUT2D eigenvalue weighted by Crippen LogP contribution is -2.17. The average Bonchev–Trinajstić information content (AvgIpc) is 2.62. The number of hydrogen-bond acceptors (Lipinski definition) is 1. The Bertz CT molecular complexity index is 516. The molecule has 17 heavy (non-hydrogen) atoms. The summed E-state index contributed by atoms with van der Waals surface area (Å²) in [5.41, 5.74) is 1.57. The molecule has 5 heteroatoms. The SMILES string of the molecule is Cc1cccn1-c1cccc(OC(F)(F)F)c1. The standard InChI is InChI=1S/C12H10F3NO/c1-9-4-3-7-16(9)10-5-2-6-11(8-10)17-12(13,14)15/h2-8H,1H3. The minimum Gasteiger partial charge on any atom is -0.406 e. The molecule has 0 saturated heterocycles. The minimum atomic E-state index is -4.66. The number of benzene rings is 1. The van der Waals surface area contributed by atoms with Crippen LogP contribution in [0.1, 0.15) is 5.69 Å². The van der Waals surface area contributed by atoms with E-state index in [9.17, 15) is 13.2 Å². The summed E-state index contributed by atoms with van der Waals surface area (Å²) in [7, 11) is 0. The first-order valence-electron chi connectivity index (χ1n) is 4.96. The average molecular weight is 241 g/mol. The second-order valence-electron chi connectivity index (χ2n) is 3.56. The van der Waals surface area contributed by atoms with Gasteiger partial charge in [0.25, 0.3) is 0 Å². The molecular weight excluding hydrogens is 231 g/mol. The molecule has 90 valence electrons. The maximum Gasteiger partial charge on any atom is 0.573 e. The monoisotopic (exact) mass is 241 g/mol. The van der Waals surface area contributed by atoms with Gasteiger partial charge in [0.05, 0.1) is 0 Å². The summed E-state index contributed by atoms with van der Waals surface area (Å²) in [6, 6.07) is 9.56. The van der Waals surface area contributed by atoms with Crippen molar-refractivity contribution in [3.05, 3.63) is 48.3 Å². The van der Waals surface area contributed by atoms with Gasteiger partial charge in [0.15, 0.2) is 0 Å². The summed E-state index contributed by atoms with van der Waals surface area (Å²) in [6.07, 6.45) is -2.88. The number of rotatable bonds is 2. The van der Waals surface area contributed by atoms with Gasteiger partial charge in [0, 0.05) is 23.6 Å². The fourth-order valence-electron chi connectivity index (χ4n) is 1.59. The van der Waals surface area contributed by atoms with Crippen LogP contribution in [0.2, 0.25) is 0 Å². The van der Waals surface area contributed by atoms with E-state index in [1.807, 2.05) is 19.1 Å². The zero-order valence-corrected chi connectivity index (χ0v) is 9.03. The molecule has 0 fully saturated rings. The van der Waals surface area contributed by atoms with Gasteiger partial charge in [-0.1, -0.05) is 6.07 Å². The van der Waals surface area contributed by atoms with E-state index in [0.717, 1.165) is 5.69 Å². The maximum atomic E-state index is 12.1. The zero-order valence-electron chi connectivity index (χ0n) is 9.03. The van der Waals surface area contributed by atoms with Crippen LogP contribution in [0.5, 0.6) is 5.75 Å². The molecule has 2 nitrogen and oxygen atoms in total. The Labute approximate surface area is 96.2 Å². The van der Waals surface area contributed by atoms with Crippen molar-refractivity contribution in [2.24, 2.45) is 0 Å². The molecule has 0 amide bonds. The highest BCUT2D eigenvalue weighted by molar-refractivity contribution is 5.41. The van der Waals surface area contributed by atoms with Crippen molar-refractivity contribution < 1.29 is 17.9 Å². The maximum absolute atomic E-state index is 12.1. The Morgan fingerprint density at radius 1 is 1.12 bits per heavy atom. The van der Waals surface area contributed by atoms with Gasteiger partial charge in [0.1, 0.15) is 5.75 Å². The molecule has 0 bridgehead atoms. The Kier molecular flexibility index (Phi) is 2.83. The quantitative estimate of drug-likeness (QED) is 0.782. The number of alkyl halides is 3.